The third kappa shape index (κ3) is 3.68. The quantitative estimate of drug-likeness (QED) is 0.544. The molecule has 0 saturated heterocycles. The average Bonchev–Trinajstić information content (AvgIpc) is 2.69. The van der Waals surface area contributed by atoms with Crippen molar-refractivity contribution in [2.24, 2.45) is 0 Å². The molecule has 0 aliphatic carbocycles. The van der Waals surface area contributed by atoms with Gasteiger partial charge in [0.2, 0.25) is 0 Å². The second-order valence-corrected chi connectivity index (χ2v) is 6.40. The van der Waals surface area contributed by atoms with Gasteiger partial charge < -0.3 is 9.72 Å². The number of aromatic nitrogens is 2. The zero-order chi connectivity index (χ0) is 18.8. The van der Waals surface area contributed by atoms with Crippen molar-refractivity contribution in [3.63, 3.8) is 0 Å². The Balaban J connectivity index is 1.61. The fourth-order valence-electron chi connectivity index (χ4n) is 2.75. The minimum absolute atomic E-state index is 0.0760. The van der Waals surface area contributed by atoms with E-state index in [4.69, 9.17) is 16.3 Å². The molecule has 0 spiro atoms. The topological polar surface area (TPSA) is 55.0 Å². The lowest BCUT2D eigenvalue weighted by Gasteiger charge is -2.09. The van der Waals surface area contributed by atoms with Crippen molar-refractivity contribution in [1.82, 2.24) is 9.97 Å². The minimum atomic E-state index is -0.482. The van der Waals surface area contributed by atoms with Gasteiger partial charge in [-0.2, -0.15) is 0 Å². The number of para-hydroxylation sites is 1. The van der Waals surface area contributed by atoms with E-state index >= 15 is 0 Å². The molecule has 0 radical (unpaired) electrons. The molecule has 4 rings (SSSR count). The van der Waals surface area contributed by atoms with E-state index in [1.54, 1.807) is 36.4 Å². The summed E-state index contributed by atoms with van der Waals surface area (Å²) in [5.41, 5.74) is 1.81. The van der Waals surface area contributed by atoms with Crippen LogP contribution in [0.15, 0.2) is 71.5 Å². The van der Waals surface area contributed by atoms with Crippen molar-refractivity contribution < 1.29 is 9.13 Å². The highest BCUT2D eigenvalue weighted by molar-refractivity contribution is 6.30. The van der Waals surface area contributed by atoms with Gasteiger partial charge >= 0.3 is 0 Å². The van der Waals surface area contributed by atoms with Crippen LogP contribution in [0.2, 0.25) is 5.02 Å². The predicted octanol–water partition coefficient (Wildman–Crippen LogP) is 4.96. The third-order valence-electron chi connectivity index (χ3n) is 4.11. The molecule has 1 aromatic heterocycles. The summed E-state index contributed by atoms with van der Waals surface area (Å²) in [4.78, 5) is 19.6. The molecule has 1 N–H and O–H groups in total. The predicted molar refractivity (Wildman–Crippen MR) is 104 cm³/mol. The first-order valence-corrected chi connectivity index (χ1v) is 8.64. The zero-order valence-corrected chi connectivity index (χ0v) is 14.8. The van der Waals surface area contributed by atoms with Crippen LogP contribution in [0, 0.1) is 5.82 Å². The maximum atomic E-state index is 13.5. The molecule has 0 unspecified atom stereocenters. The molecule has 4 nitrogen and oxygen atoms in total. The van der Waals surface area contributed by atoms with Crippen molar-refractivity contribution in [2.45, 2.75) is 6.61 Å². The van der Waals surface area contributed by atoms with Gasteiger partial charge in [-0.25, -0.2) is 9.37 Å². The Bertz CT molecular complexity index is 1190. The van der Waals surface area contributed by atoms with E-state index in [-0.39, 0.29) is 17.2 Å². The van der Waals surface area contributed by atoms with Crippen LogP contribution >= 0.6 is 11.6 Å². The van der Waals surface area contributed by atoms with Crippen LogP contribution in [0.3, 0.4) is 0 Å². The Labute approximate surface area is 159 Å². The average molecular weight is 381 g/mol. The maximum Gasteiger partial charge on any atom is 0.259 e. The fraction of sp³-hybridized carbons (Fsp3) is 0.0476. The first kappa shape index (κ1) is 17.2. The molecular formula is C21H14ClFN2O2. The first-order chi connectivity index (χ1) is 13.1. The zero-order valence-electron chi connectivity index (χ0n) is 14.1. The number of aromatic amines is 1. The monoisotopic (exact) mass is 380 g/mol. The molecule has 0 aliphatic rings. The van der Waals surface area contributed by atoms with E-state index in [2.05, 4.69) is 9.97 Å². The van der Waals surface area contributed by atoms with Crippen molar-refractivity contribution in [3.8, 4) is 17.1 Å². The van der Waals surface area contributed by atoms with Crippen LogP contribution in [0.4, 0.5) is 4.39 Å². The number of benzene rings is 3. The van der Waals surface area contributed by atoms with Crippen LogP contribution in [-0.2, 0) is 6.61 Å². The first-order valence-electron chi connectivity index (χ1n) is 8.26. The van der Waals surface area contributed by atoms with Gasteiger partial charge in [-0.1, -0.05) is 41.9 Å². The summed E-state index contributed by atoms with van der Waals surface area (Å²) in [5.74, 6) is 0.560. The minimum Gasteiger partial charge on any atom is -0.489 e. The number of rotatable bonds is 4. The van der Waals surface area contributed by atoms with Crippen molar-refractivity contribution in [2.75, 3.05) is 0 Å². The second-order valence-electron chi connectivity index (χ2n) is 6.00. The van der Waals surface area contributed by atoms with Crippen LogP contribution in [0.25, 0.3) is 22.3 Å². The highest BCUT2D eigenvalue weighted by atomic mass is 35.5. The van der Waals surface area contributed by atoms with Gasteiger partial charge in [0.15, 0.2) is 0 Å². The number of halogens is 2. The van der Waals surface area contributed by atoms with E-state index in [0.29, 0.717) is 28.0 Å². The van der Waals surface area contributed by atoms with E-state index in [1.807, 2.05) is 18.2 Å². The van der Waals surface area contributed by atoms with Gasteiger partial charge in [-0.05, 0) is 42.0 Å². The smallest absolute Gasteiger partial charge is 0.259 e. The maximum absolute atomic E-state index is 13.5. The Kier molecular flexibility index (Phi) is 4.60. The van der Waals surface area contributed by atoms with Crippen LogP contribution < -0.4 is 10.3 Å². The third-order valence-corrected chi connectivity index (χ3v) is 4.42. The number of hydrogen-bond acceptors (Lipinski definition) is 3. The molecule has 0 fully saturated rings. The van der Waals surface area contributed by atoms with Gasteiger partial charge in [0.1, 0.15) is 24.0 Å². The van der Waals surface area contributed by atoms with Crippen LogP contribution in [0.1, 0.15) is 5.56 Å². The molecule has 4 aromatic rings. The van der Waals surface area contributed by atoms with Crippen LogP contribution in [-0.4, -0.2) is 9.97 Å². The van der Waals surface area contributed by atoms with Gasteiger partial charge in [0, 0.05) is 5.56 Å². The number of fused-ring (bicyclic) bond motifs is 1. The molecule has 0 atom stereocenters. The lowest BCUT2D eigenvalue weighted by atomic mass is 10.2. The molecule has 0 saturated carbocycles. The van der Waals surface area contributed by atoms with E-state index in [0.717, 1.165) is 5.56 Å². The fourth-order valence-corrected chi connectivity index (χ4v) is 2.87. The van der Waals surface area contributed by atoms with Crippen molar-refractivity contribution >= 4 is 22.5 Å². The Morgan fingerprint density at radius 3 is 2.74 bits per heavy atom. The number of H-pyrrole nitrogens is 1. The summed E-state index contributed by atoms with van der Waals surface area (Å²) >= 11 is 5.69. The largest absolute Gasteiger partial charge is 0.489 e. The number of hydrogen-bond donors (Lipinski definition) is 1. The number of ether oxygens (including phenoxy) is 1. The van der Waals surface area contributed by atoms with Gasteiger partial charge in [0.25, 0.3) is 5.56 Å². The Morgan fingerprint density at radius 2 is 1.89 bits per heavy atom. The lowest BCUT2D eigenvalue weighted by molar-refractivity contribution is 0.305. The highest BCUT2D eigenvalue weighted by Crippen LogP contribution is 2.23. The molecule has 134 valence electrons. The molecule has 6 heteroatoms. The van der Waals surface area contributed by atoms with E-state index in [1.165, 1.54) is 12.1 Å². The SMILES string of the molecule is O=c1[nH]c(-c2cccc(OCc3ccc(Cl)c(F)c3)c2)nc2ccccc12. The summed E-state index contributed by atoms with van der Waals surface area (Å²) in [5, 5.41) is 0.616. The normalized spacial score (nSPS) is 10.9. The summed E-state index contributed by atoms with van der Waals surface area (Å²) < 4.78 is 19.3. The van der Waals surface area contributed by atoms with Gasteiger partial charge in [-0.3, -0.25) is 4.79 Å². The van der Waals surface area contributed by atoms with Crippen molar-refractivity contribution in [3.05, 3.63) is 93.5 Å². The molecule has 27 heavy (non-hydrogen) atoms. The second kappa shape index (κ2) is 7.21. The standard InChI is InChI=1S/C21H14ClFN2O2/c22-17-9-8-13(10-18(17)23)12-27-15-5-3-4-14(11-15)20-24-19-7-2-1-6-16(19)21(26)25-20/h1-11H,12H2,(H,24,25,26). The van der Waals surface area contributed by atoms with E-state index < -0.39 is 5.82 Å². The summed E-state index contributed by atoms with van der Waals surface area (Å²) in [6.45, 7) is 0.194. The van der Waals surface area contributed by atoms with Gasteiger partial charge in [0.05, 0.1) is 15.9 Å². The molecule has 0 amide bonds. The molecular weight excluding hydrogens is 367 g/mol. The Hall–Kier alpha value is -3.18. The lowest BCUT2D eigenvalue weighted by Crippen LogP contribution is -2.09. The van der Waals surface area contributed by atoms with Crippen molar-refractivity contribution in [1.29, 1.82) is 0 Å². The van der Waals surface area contributed by atoms with E-state index in [9.17, 15) is 9.18 Å². The molecule has 1 heterocycles. The Morgan fingerprint density at radius 1 is 1.04 bits per heavy atom. The molecule has 0 aliphatic heterocycles. The molecule has 0 bridgehead atoms. The summed E-state index contributed by atoms with van der Waals surface area (Å²) in [6.07, 6.45) is 0. The summed E-state index contributed by atoms with van der Waals surface area (Å²) in [7, 11) is 0. The number of nitrogens with zero attached hydrogens (tertiary/aromatic N) is 1. The summed E-state index contributed by atoms with van der Waals surface area (Å²) in [6, 6.07) is 18.9. The highest BCUT2D eigenvalue weighted by Gasteiger charge is 2.07. The molecule has 3 aromatic carbocycles. The van der Waals surface area contributed by atoms with Crippen LogP contribution in [0.5, 0.6) is 5.75 Å². The number of nitrogens with one attached hydrogen (secondary N) is 1. The van der Waals surface area contributed by atoms with Gasteiger partial charge in [-0.15, -0.1) is 0 Å².